The molecule has 0 unspecified atom stereocenters. The quantitative estimate of drug-likeness (QED) is 0.574. The standard InChI is InChI=1S/C14H29NO/c1-6-7-8-9-10-11-14(16)15(12(2)3)13(4)5/h12-13H,6-11H2,1-5H3. The molecule has 0 N–H and O–H groups in total. The first kappa shape index (κ1) is 15.5. The second kappa shape index (κ2) is 8.60. The fourth-order valence-electron chi connectivity index (χ4n) is 2.18. The fourth-order valence-corrected chi connectivity index (χ4v) is 2.18. The van der Waals surface area contributed by atoms with Gasteiger partial charge in [0.2, 0.25) is 5.91 Å². The molecule has 0 rings (SSSR count). The van der Waals surface area contributed by atoms with E-state index < -0.39 is 0 Å². The van der Waals surface area contributed by atoms with Crippen molar-refractivity contribution in [2.45, 2.75) is 85.2 Å². The van der Waals surface area contributed by atoms with Crippen LogP contribution in [0.15, 0.2) is 0 Å². The predicted molar refractivity (Wildman–Crippen MR) is 70.5 cm³/mol. The summed E-state index contributed by atoms with van der Waals surface area (Å²) >= 11 is 0. The van der Waals surface area contributed by atoms with Crippen LogP contribution in [-0.2, 0) is 4.79 Å². The lowest BCUT2D eigenvalue weighted by molar-refractivity contribution is -0.134. The summed E-state index contributed by atoms with van der Waals surface area (Å²) in [5, 5.41) is 0. The normalized spacial score (nSPS) is 11.2. The lowest BCUT2D eigenvalue weighted by Gasteiger charge is -2.30. The van der Waals surface area contributed by atoms with Gasteiger partial charge in [-0.05, 0) is 34.1 Å². The van der Waals surface area contributed by atoms with Crippen LogP contribution < -0.4 is 0 Å². The van der Waals surface area contributed by atoms with E-state index in [0.29, 0.717) is 18.0 Å². The number of hydrogen-bond donors (Lipinski definition) is 0. The Balaban J connectivity index is 3.84. The molecule has 16 heavy (non-hydrogen) atoms. The maximum atomic E-state index is 12.0. The van der Waals surface area contributed by atoms with Gasteiger partial charge in [0, 0.05) is 18.5 Å². The smallest absolute Gasteiger partial charge is 0.223 e. The first-order chi connectivity index (χ1) is 7.50. The van der Waals surface area contributed by atoms with Crippen LogP contribution in [0.2, 0.25) is 0 Å². The van der Waals surface area contributed by atoms with Gasteiger partial charge in [-0.3, -0.25) is 4.79 Å². The van der Waals surface area contributed by atoms with Crippen LogP contribution in [-0.4, -0.2) is 22.9 Å². The first-order valence-electron chi connectivity index (χ1n) is 6.81. The van der Waals surface area contributed by atoms with E-state index in [-0.39, 0.29) is 0 Å². The summed E-state index contributed by atoms with van der Waals surface area (Å²) in [6.45, 7) is 10.6. The zero-order chi connectivity index (χ0) is 12.6. The number of hydrogen-bond acceptors (Lipinski definition) is 1. The molecule has 0 aliphatic rings. The molecular weight excluding hydrogens is 198 g/mol. The van der Waals surface area contributed by atoms with Gasteiger partial charge in [-0.15, -0.1) is 0 Å². The molecule has 0 radical (unpaired) electrons. The second-order valence-electron chi connectivity index (χ2n) is 5.15. The minimum Gasteiger partial charge on any atom is -0.338 e. The van der Waals surface area contributed by atoms with Crippen molar-refractivity contribution in [1.82, 2.24) is 4.90 Å². The van der Waals surface area contributed by atoms with Gasteiger partial charge < -0.3 is 4.90 Å². The van der Waals surface area contributed by atoms with Crippen molar-refractivity contribution in [2.75, 3.05) is 0 Å². The summed E-state index contributed by atoms with van der Waals surface area (Å²) in [5.74, 6) is 0.321. The maximum Gasteiger partial charge on any atom is 0.223 e. The Bertz CT molecular complexity index is 179. The Kier molecular flexibility index (Phi) is 8.32. The van der Waals surface area contributed by atoms with Gasteiger partial charge >= 0.3 is 0 Å². The summed E-state index contributed by atoms with van der Waals surface area (Å²) in [6, 6.07) is 0.645. The minimum absolute atomic E-state index is 0.321. The molecular formula is C14H29NO. The average Bonchev–Trinajstić information content (AvgIpc) is 2.16. The van der Waals surface area contributed by atoms with E-state index in [9.17, 15) is 4.79 Å². The van der Waals surface area contributed by atoms with Crippen molar-refractivity contribution >= 4 is 5.91 Å². The third-order valence-electron chi connectivity index (χ3n) is 2.89. The Hall–Kier alpha value is -0.530. The monoisotopic (exact) mass is 227 g/mol. The van der Waals surface area contributed by atoms with Crippen molar-refractivity contribution < 1.29 is 4.79 Å². The predicted octanol–water partition coefficient (Wildman–Crippen LogP) is 3.99. The zero-order valence-electron chi connectivity index (χ0n) is 11.8. The summed E-state index contributed by atoms with van der Waals surface area (Å²) in [4.78, 5) is 14.0. The van der Waals surface area contributed by atoms with Gasteiger partial charge in [-0.1, -0.05) is 32.6 Å². The number of carbonyl (C=O) groups is 1. The van der Waals surface area contributed by atoms with Crippen molar-refractivity contribution in [3.63, 3.8) is 0 Å². The molecule has 0 saturated heterocycles. The van der Waals surface area contributed by atoms with E-state index >= 15 is 0 Å². The largest absolute Gasteiger partial charge is 0.338 e. The van der Waals surface area contributed by atoms with E-state index in [1.54, 1.807) is 0 Å². The van der Waals surface area contributed by atoms with Crippen LogP contribution in [0.25, 0.3) is 0 Å². The summed E-state index contributed by atoms with van der Waals surface area (Å²) < 4.78 is 0. The molecule has 0 aliphatic carbocycles. The summed E-state index contributed by atoms with van der Waals surface area (Å²) in [6.07, 6.45) is 6.80. The lowest BCUT2D eigenvalue weighted by atomic mass is 10.1. The highest BCUT2D eigenvalue weighted by atomic mass is 16.2. The maximum absolute atomic E-state index is 12.0. The van der Waals surface area contributed by atoms with Gasteiger partial charge in [-0.2, -0.15) is 0 Å². The molecule has 1 amide bonds. The highest BCUT2D eigenvalue weighted by Gasteiger charge is 2.18. The molecule has 0 aliphatic heterocycles. The fraction of sp³-hybridized carbons (Fsp3) is 0.929. The Morgan fingerprint density at radius 3 is 1.88 bits per heavy atom. The van der Waals surface area contributed by atoms with Gasteiger partial charge in [0.05, 0.1) is 0 Å². The Morgan fingerprint density at radius 2 is 1.44 bits per heavy atom. The van der Waals surface area contributed by atoms with Gasteiger partial charge in [-0.25, -0.2) is 0 Å². The number of rotatable bonds is 8. The van der Waals surface area contributed by atoms with Crippen LogP contribution in [0, 0.1) is 0 Å². The molecule has 0 saturated carbocycles. The number of carbonyl (C=O) groups excluding carboxylic acids is 1. The van der Waals surface area contributed by atoms with E-state index in [1.807, 2.05) is 4.90 Å². The highest BCUT2D eigenvalue weighted by Crippen LogP contribution is 2.11. The van der Waals surface area contributed by atoms with Crippen LogP contribution >= 0.6 is 0 Å². The van der Waals surface area contributed by atoms with E-state index in [2.05, 4.69) is 34.6 Å². The SMILES string of the molecule is CCCCCCCC(=O)N(C(C)C)C(C)C. The highest BCUT2D eigenvalue weighted by molar-refractivity contribution is 5.76. The third kappa shape index (κ3) is 6.14. The molecule has 0 atom stereocenters. The van der Waals surface area contributed by atoms with E-state index in [1.165, 1.54) is 25.7 Å². The van der Waals surface area contributed by atoms with E-state index in [0.717, 1.165) is 12.8 Å². The summed E-state index contributed by atoms with van der Waals surface area (Å²) in [5.41, 5.74) is 0. The van der Waals surface area contributed by atoms with Gasteiger partial charge in [0.15, 0.2) is 0 Å². The first-order valence-corrected chi connectivity index (χ1v) is 6.81. The molecule has 0 aromatic carbocycles. The zero-order valence-corrected chi connectivity index (χ0v) is 11.8. The minimum atomic E-state index is 0.321. The van der Waals surface area contributed by atoms with Crippen molar-refractivity contribution in [3.05, 3.63) is 0 Å². The van der Waals surface area contributed by atoms with Crippen molar-refractivity contribution in [3.8, 4) is 0 Å². The third-order valence-corrected chi connectivity index (χ3v) is 2.89. The molecule has 0 bridgehead atoms. The van der Waals surface area contributed by atoms with Crippen LogP contribution in [0.5, 0.6) is 0 Å². The molecule has 2 heteroatoms. The lowest BCUT2D eigenvalue weighted by Crippen LogP contribution is -2.41. The van der Waals surface area contributed by atoms with Crippen molar-refractivity contribution in [2.24, 2.45) is 0 Å². The molecule has 0 heterocycles. The van der Waals surface area contributed by atoms with E-state index in [4.69, 9.17) is 0 Å². The molecule has 0 aromatic rings. The summed E-state index contributed by atoms with van der Waals surface area (Å²) in [7, 11) is 0. The Morgan fingerprint density at radius 1 is 0.938 bits per heavy atom. The van der Waals surface area contributed by atoms with Gasteiger partial charge in [0.1, 0.15) is 0 Å². The molecule has 96 valence electrons. The van der Waals surface area contributed by atoms with Crippen molar-refractivity contribution in [1.29, 1.82) is 0 Å². The molecule has 0 aromatic heterocycles. The second-order valence-corrected chi connectivity index (χ2v) is 5.15. The average molecular weight is 227 g/mol. The van der Waals surface area contributed by atoms with Crippen LogP contribution in [0.3, 0.4) is 0 Å². The number of unbranched alkanes of at least 4 members (excludes halogenated alkanes) is 4. The number of nitrogens with zero attached hydrogens (tertiary/aromatic N) is 1. The molecule has 0 fully saturated rings. The van der Waals surface area contributed by atoms with Crippen LogP contribution in [0.4, 0.5) is 0 Å². The molecule has 0 spiro atoms. The molecule has 2 nitrogen and oxygen atoms in total. The van der Waals surface area contributed by atoms with Gasteiger partial charge in [0.25, 0.3) is 0 Å². The van der Waals surface area contributed by atoms with Crippen LogP contribution in [0.1, 0.15) is 73.1 Å². The number of amides is 1. The topological polar surface area (TPSA) is 20.3 Å². The Labute approximate surface area is 101 Å².